The van der Waals surface area contributed by atoms with Gasteiger partial charge in [0.2, 0.25) is 0 Å². The summed E-state index contributed by atoms with van der Waals surface area (Å²) in [5, 5.41) is 0. The van der Waals surface area contributed by atoms with Gasteiger partial charge in [0.25, 0.3) is 0 Å². The molecule has 0 radical (unpaired) electrons. The number of hydrogen-bond acceptors (Lipinski definition) is 2. The molecule has 0 aliphatic heterocycles. The van der Waals surface area contributed by atoms with Crippen molar-refractivity contribution in [3.63, 3.8) is 0 Å². The standard InChI is InChI=1S/C8H19N3O/c1-4-8(3,6-9)11(5-2)7(10)12/h4-6,9H2,1-3H3,(H2,10,12). The van der Waals surface area contributed by atoms with Gasteiger partial charge in [-0.2, -0.15) is 0 Å². The van der Waals surface area contributed by atoms with E-state index in [-0.39, 0.29) is 5.54 Å². The number of urea groups is 1. The molecule has 0 aliphatic carbocycles. The number of hydrogen-bond donors (Lipinski definition) is 2. The van der Waals surface area contributed by atoms with Gasteiger partial charge in [-0.15, -0.1) is 0 Å². The molecule has 0 spiro atoms. The Hall–Kier alpha value is -0.770. The zero-order valence-electron chi connectivity index (χ0n) is 8.13. The number of rotatable bonds is 4. The topological polar surface area (TPSA) is 72.3 Å². The van der Waals surface area contributed by atoms with Gasteiger partial charge in [0.15, 0.2) is 0 Å². The Labute approximate surface area is 73.9 Å². The lowest BCUT2D eigenvalue weighted by Crippen LogP contribution is -2.55. The van der Waals surface area contributed by atoms with Gasteiger partial charge in [-0.05, 0) is 20.3 Å². The fourth-order valence-electron chi connectivity index (χ4n) is 1.25. The molecule has 4 nitrogen and oxygen atoms in total. The van der Waals surface area contributed by atoms with Crippen LogP contribution in [0.2, 0.25) is 0 Å². The number of nitrogens with zero attached hydrogens (tertiary/aromatic N) is 1. The Kier molecular flexibility index (Phi) is 4.03. The van der Waals surface area contributed by atoms with Crippen LogP contribution < -0.4 is 11.5 Å². The van der Waals surface area contributed by atoms with Crippen molar-refractivity contribution in [1.82, 2.24) is 4.90 Å². The molecule has 0 saturated heterocycles. The number of carbonyl (C=O) groups excluding carboxylic acids is 1. The summed E-state index contributed by atoms with van der Waals surface area (Å²) in [6.45, 7) is 6.89. The second-order valence-corrected chi connectivity index (χ2v) is 3.14. The lowest BCUT2D eigenvalue weighted by atomic mass is 9.97. The van der Waals surface area contributed by atoms with Crippen LogP contribution in [0.15, 0.2) is 0 Å². The van der Waals surface area contributed by atoms with Crippen molar-refractivity contribution in [3.8, 4) is 0 Å². The smallest absolute Gasteiger partial charge is 0.315 e. The van der Waals surface area contributed by atoms with E-state index < -0.39 is 6.03 Å². The van der Waals surface area contributed by atoms with Crippen molar-refractivity contribution in [3.05, 3.63) is 0 Å². The molecule has 0 rings (SSSR count). The Morgan fingerprint density at radius 2 is 2.00 bits per heavy atom. The molecular weight excluding hydrogens is 154 g/mol. The average Bonchev–Trinajstić information content (AvgIpc) is 2.04. The van der Waals surface area contributed by atoms with Crippen LogP contribution >= 0.6 is 0 Å². The maximum atomic E-state index is 11.0. The monoisotopic (exact) mass is 173 g/mol. The summed E-state index contributed by atoms with van der Waals surface area (Å²) < 4.78 is 0. The minimum Gasteiger partial charge on any atom is -0.351 e. The first kappa shape index (κ1) is 11.2. The Morgan fingerprint density at radius 1 is 1.50 bits per heavy atom. The van der Waals surface area contributed by atoms with Gasteiger partial charge in [-0.25, -0.2) is 4.79 Å². The van der Waals surface area contributed by atoms with Crippen LogP contribution in [0.1, 0.15) is 27.2 Å². The lowest BCUT2D eigenvalue weighted by Gasteiger charge is -2.38. The van der Waals surface area contributed by atoms with Crippen LogP contribution in [-0.4, -0.2) is 29.6 Å². The quantitative estimate of drug-likeness (QED) is 0.650. The van der Waals surface area contributed by atoms with Crippen molar-refractivity contribution >= 4 is 6.03 Å². The van der Waals surface area contributed by atoms with E-state index in [0.717, 1.165) is 6.42 Å². The molecule has 4 heteroatoms. The molecule has 72 valence electrons. The molecule has 0 saturated carbocycles. The summed E-state index contributed by atoms with van der Waals surface area (Å²) in [5.41, 5.74) is 10.5. The van der Waals surface area contributed by atoms with Crippen LogP contribution in [0.3, 0.4) is 0 Å². The van der Waals surface area contributed by atoms with Crippen LogP contribution in [0.4, 0.5) is 4.79 Å². The fraction of sp³-hybridized carbons (Fsp3) is 0.875. The molecule has 12 heavy (non-hydrogen) atoms. The molecule has 1 atom stereocenters. The highest BCUT2D eigenvalue weighted by Gasteiger charge is 2.29. The van der Waals surface area contributed by atoms with Crippen LogP contribution in [-0.2, 0) is 0 Å². The highest BCUT2D eigenvalue weighted by molar-refractivity contribution is 5.72. The molecular formula is C8H19N3O. The van der Waals surface area contributed by atoms with E-state index in [4.69, 9.17) is 11.5 Å². The summed E-state index contributed by atoms with van der Waals surface area (Å²) in [7, 11) is 0. The van der Waals surface area contributed by atoms with Gasteiger partial charge in [-0.1, -0.05) is 6.92 Å². The van der Waals surface area contributed by atoms with Gasteiger partial charge < -0.3 is 16.4 Å². The molecule has 1 unspecified atom stereocenters. The Morgan fingerprint density at radius 3 is 2.08 bits per heavy atom. The zero-order chi connectivity index (χ0) is 9.78. The van der Waals surface area contributed by atoms with E-state index in [2.05, 4.69) is 0 Å². The van der Waals surface area contributed by atoms with Crippen molar-refractivity contribution < 1.29 is 4.79 Å². The maximum Gasteiger partial charge on any atom is 0.315 e. The summed E-state index contributed by atoms with van der Waals surface area (Å²) in [6, 6.07) is -0.396. The summed E-state index contributed by atoms with van der Waals surface area (Å²) in [4.78, 5) is 12.6. The largest absolute Gasteiger partial charge is 0.351 e. The van der Waals surface area contributed by atoms with Crippen molar-refractivity contribution in [2.24, 2.45) is 11.5 Å². The molecule has 2 amide bonds. The maximum absolute atomic E-state index is 11.0. The molecule has 0 aromatic heterocycles. The molecule has 4 N–H and O–H groups in total. The summed E-state index contributed by atoms with van der Waals surface area (Å²) in [5.74, 6) is 0. The number of primary amides is 1. The zero-order valence-corrected chi connectivity index (χ0v) is 8.13. The molecule has 0 heterocycles. The van der Waals surface area contributed by atoms with E-state index >= 15 is 0 Å². The van der Waals surface area contributed by atoms with Crippen LogP contribution in [0.25, 0.3) is 0 Å². The third-order valence-electron chi connectivity index (χ3n) is 2.44. The van der Waals surface area contributed by atoms with Gasteiger partial charge in [0.1, 0.15) is 0 Å². The van der Waals surface area contributed by atoms with Crippen molar-refractivity contribution in [2.45, 2.75) is 32.7 Å². The van der Waals surface area contributed by atoms with Gasteiger partial charge in [0, 0.05) is 13.1 Å². The van der Waals surface area contributed by atoms with Gasteiger partial charge in [0.05, 0.1) is 5.54 Å². The van der Waals surface area contributed by atoms with Gasteiger partial charge >= 0.3 is 6.03 Å². The predicted molar refractivity (Wildman–Crippen MR) is 49.7 cm³/mol. The minimum atomic E-state index is -0.396. The van der Waals surface area contributed by atoms with Crippen LogP contribution in [0, 0.1) is 0 Å². The normalized spacial score (nSPS) is 15.3. The molecule has 0 bridgehead atoms. The number of nitrogens with two attached hydrogens (primary N) is 2. The SMILES string of the molecule is CCN(C(N)=O)C(C)(CC)CN. The van der Waals surface area contributed by atoms with E-state index in [0.29, 0.717) is 13.1 Å². The lowest BCUT2D eigenvalue weighted by molar-refractivity contribution is 0.136. The Bertz CT molecular complexity index is 154. The second kappa shape index (κ2) is 4.30. The van der Waals surface area contributed by atoms with E-state index in [1.54, 1.807) is 4.90 Å². The Balaban J connectivity index is 4.54. The van der Waals surface area contributed by atoms with Crippen LogP contribution in [0.5, 0.6) is 0 Å². The number of carbonyl (C=O) groups is 1. The first-order valence-electron chi connectivity index (χ1n) is 4.29. The van der Waals surface area contributed by atoms with E-state index in [9.17, 15) is 4.79 Å². The van der Waals surface area contributed by atoms with Crippen molar-refractivity contribution in [2.75, 3.05) is 13.1 Å². The molecule has 0 fully saturated rings. The first-order chi connectivity index (χ1) is 5.51. The minimum absolute atomic E-state index is 0.291. The fourth-order valence-corrected chi connectivity index (χ4v) is 1.25. The number of amides is 2. The number of likely N-dealkylation sites (N-methyl/N-ethyl adjacent to an activating group) is 1. The summed E-state index contributed by atoms with van der Waals surface area (Å²) in [6.07, 6.45) is 0.820. The first-order valence-corrected chi connectivity index (χ1v) is 4.29. The van der Waals surface area contributed by atoms with E-state index in [1.165, 1.54) is 0 Å². The predicted octanol–water partition coefficient (Wildman–Crippen LogP) is 0.514. The van der Waals surface area contributed by atoms with Crippen molar-refractivity contribution in [1.29, 1.82) is 0 Å². The van der Waals surface area contributed by atoms with E-state index in [1.807, 2.05) is 20.8 Å². The second-order valence-electron chi connectivity index (χ2n) is 3.14. The van der Waals surface area contributed by atoms with Gasteiger partial charge in [-0.3, -0.25) is 0 Å². The highest BCUT2D eigenvalue weighted by Crippen LogP contribution is 2.16. The molecule has 0 aromatic carbocycles. The average molecular weight is 173 g/mol. The molecule has 0 aromatic rings. The third-order valence-corrected chi connectivity index (χ3v) is 2.44. The third kappa shape index (κ3) is 2.11. The highest BCUT2D eigenvalue weighted by atomic mass is 16.2. The molecule has 0 aliphatic rings. The summed E-state index contributed by atoms with van der Waals surface area (Å²) >= 11 is 0.